The fourth-order valence-corrected chi connectivity index (χ4v) is 4.96. The number of nitrogens with zero attached hydrogens (tertiary/aromatic N) is 2. The maximum Gasteiger partial charge on any atom is 0.319 e. The predicted molar refractivity (Wildman–Crippen MR) is 143 cm³/mol. The van der Waals surface area contributed by atoms with E-state index >= 15 is 0 Å². The number of hydrogen-bond acceptors (Lipinski definition) is 3. The Morgan fingerprint density at radius 2 is 1.65 bits per heavy atom. The van der Waals surface area contributed by atoms with E-state index in [1.807, 2.05) is 36.4 Å². The number of thioether (sulfide) groups is 1. The first-order valence-electron chi connectivity index (χ1n) is 10.9. The molecule has 2 N–H and O–H groups in total. The number of carbonyl (C=O) groups is 1. The number of halogens is 2. The molecule has 1 aromatic heterocycles. The molecule has 0 unspecified atom stereocenters. The molecule has 0 saturated carbocycles. The van der Waals surface area contributed by atoms with Gasteiger partial charge in [0.15, 0.2) is 5.16 Å². The number of rotatable bonds is 8. The summed E-state index contributed by atoms with van der Waals surface area (Å²) in [5, 5.41) is 7.44. The standard InChI is InChI=1S/C26H24Cl2N4OS/c1-2-32-24(19-11-7-4-8-12-19)23(18-9-5-3-6-10-18)31-26(32)34-16-15-29-25(33)30-22-14-13-20(27)17-21(22)28/h3-14,17H,2,15-16H2,1H3,(H2,29,30,33). The van der Waals surface area contributed by atoms with Crippen molar-refractivity contribution in [2.75, 3.05) is 17.6 Å². The number of amides is 2. The number of hydrogen-bond donors (Lipinski definition) is 2. The number of nitrogens with one attached hydrogen (secondary N) is 2. The lowest BCUT2D eigenvalue weighted by Gasteiger charge is -2.11. The van der Waals surface area contributed by atoms with Crippen LogP contribution in [-0.4, -0.2) is 27.9 Å². The number of benzene rings is 3. The van der Waals surface area contributed by atoms with Crippen LogP contribution in [0.3, 0.4) is 0 Å². The normalized spacial score (nSPS) is 10.8. The fourth-order valence-electron chi connectivity index (χ4n) is 3.59. The van der Waals surface area contributed by atoms with Crippen LogP contribution in [0.4, 0.5) is 10.5 Å². The number of imidazole rings is 1. The Balaban J connectivity index is 1.47. The van der Waals surface area contributed by atoms with Crippen LogP contribution in [0.15, 0.2) is 84.0 Å². The molecule has 8 heteroatoms. The Kier molecular flexibility index (Phi) is 8.16. The smallest absolute Gasteiger partial charge is 0.319 e. The second-order valence-corrected chi connectivity index (χ2v) is 9.33. The molecule has 0 fully saturated rings. The first-order valence-corrected chi connectivity index (χ1v) is 12.6. The van der Waals surface area contributed by atoms with Crippen molar-refractivity contribution in [2.24, 2.45) is 0 Å². The van der Waals surface area contributed by atoms with E-state index in [2.05, 4.69) is 46.4 Å². The molecule has 0 aliphatic carbocycles. The van der Waals surface area contributed by atoms with Gasteiger partial charge in [-0.25, -0.2) is 9.78 Å². The summed E-state index contributed by atoms with van der Waals surface area (Å²) >= 11 is 13.6. The van der Waals surface area contributed by atoms with Gasteiger partial charge in [-0.3, -0.25) is 0 Å². The van der Waals surface area contributed by atoms with E-state index in [-0.39, 0.29) is 6.03 Å². The maximum absolute atomic E-state index is 12.3. The molecular formula is C26H24Cl2N4OS. The molecule has 0 atom stereocenters. The van der Waals surface area contributed by atoms with Crippen LogP contribution in [0.5, 0.6) is 0 Å². The first-order chi connectivity index (χ1) is 16.6. The topological polar surface area (TPSA) is 59.0 Å². The summed E-state index contributed by atoms with van der Waals surface area (Å²) in [7, 11) is 0. The van der Waals surface area contributed by atoms with Crippen molar-refractivity contribution < 1.29 is 4.79 Å². The molecule has 4 aromatic rings. The highest BCUT2D eigenvalue weighted by Gasteiger charge is 2.19. The van der Waals surface area contributed by atoms with Crippen LogP contribution in [0, 0.1) is 0 Å². The van der Waals surface area contributed by atoms with Crippen LogP contribution in [0.2, 0.25) is 10.0 Å². The molecule has 174 valence electrons. The van der Waals surface area contributed by atoms with E-state index in [9.17, 15) is 4.79 Å². The zero-order chi connectivity index (χ0) is 23.9. The monoisotopic (exact) mass is 510 g/mol. The van der Waals surface area contributed by atoms with Gasteiger partial charge in [-0.2, -0.15) is 0 Å². The number of anilines is 1. The SMILES string of the molecule is CCn1c(SCCNC(=O)Nc2ccc(Cl)cc2Cl)nc(-c2ccccc2)c1-c1ccccc1. The van der Waals surface area contributed by atoms with Crippen molar-refractivity contribution in [1.82, 2.24) is 14.9 Å². The van der Waals surface area contributed by atoms with E-state index < -0.39 is 0 Å². The van der Waals surface area contributed by atoms with E-state index in [1.165, 1.54) is 0 Å². The number of aromatic nitrogens is 2. The van der Waals surface area contributed by atoms with Gasteiger partial charge in [0.25, 0.3) is 0 Å². The molecule has 1 heterocycles. The van der Waals surface area contributed by atoms with Crippen LogP contribution in [0.25, 0.3) is 22.5 Å². The lowest BCUT2D eigenvalue weighted by atomic mass is 10.0. The molecule has 0 aliphatic heterocycles. The third kappa shape index (κ3) is 5.76. The highest BCUT2D eigenvalue weighted by molar-refractivity contribution is 7.99. The zero-order valence-corrected chi connectivity index (χ0v) is 20.9. The quantitative estimate of drug-likeness (QED) is 0.191. The van der Waals surface area contributed by atoms with Crippen molar-refractivity contribution >= 4 is 46.7 Å². The molecule has 5 nitrogen and oxygen atoms in total. The average Bonchev–Trinajstić information content (AvgIpc) is 3.23. The highest BCUT2D eigenvalue weighted by Crippen LogP contribution is 2.35. The summed E-state index contributed by atoms with van der Waals surface area (Å²) in [5.41, 5.74) is 4.77. The van der Waals surface area contributed by atoms with E-state index in [1.54, 1.807) is 30.0 Å². The fraction of sp³-hybridized carbons (Fsp3) is 0.154. The lowest BCUT2D eigenvalue weighted by Crippen LogP contribution is -2.30. The first kappa shape index (κ1) is 24.2. The van der Waals surface area contributed by atoms with Crippen LogP contribution < -0.4 is 10.6 Å². The predicted octanol–water partition coefficient (Wildman–Crippen LogP) is 7.46. The molecule has 34 heavy (non-hydrogen) atoms. The van der Waals surface area contributed by atoms with Crippen molar-refractivity contribution in [3.8, 4) is 22.5 Å². The van der Waals surface area contributed by atoms with E-state index in [4.69, 9.17) is 28.2 Å². The summed E-state index contributed by atoms with van der Waals surface area (Å²) in [6, 6.07) is 25.2. The Morgan fingerprint density at radius 1 is 0.971 bits per heavy atom. The Bertz CT molecular complexity index is 1260. The molecule has 0 spiro atoms. The second-order valence-electron chi connectivity index (χ2n) is 7.42. The molecule has 0 aliphatic rings. The molecule has 3 aromatic carbocycles. The second kappa shape index (κ2) is 11.5. The lowest BCUT2D eigenvalue weighted by molar-refractivity contribution is 0.252. The Hall–Kier alpha value is -2.93. The van der Waals surface area contributed by atoms with Gasteiger partial charge in [-0.05, 0) is 25.1 Å². The van der Waals surface area contributed by atoms with Crippen LogP contribution >= 0.6 is 35.0 Å². The summed E-state index contributed by atoms with van der Waals surface area (Å²) in [4.78, 5) is 17.3. The van der Waals surface area contributed by atoms with Gasteiger partial charge in [-0.15, -0.1) is 0 Å². The molecule has 4 rings (SSSR count). The summed E-state index contributed by atoms with van der Waals surface area (Å²) in [6.07, 6.45) is 0. The third-order valence-corrected chi connectivity index (χ3v) is 6.67. The summed E-state index contributed by atoms with van der Waals surface area (Å²) < 4.78 is 2.23. The van der Waals surface area contributed by atoms with Gasteiger partial charge < -0.3 is 15.2 Å². The van der Waals surface area contributed by atoms with Gasteiger partial charge in [-0.1, -0.05) is 95.6 Å². The third-order valence-electron chi connectivity index (χ3n) is 5.14. The highest BCUT2D eigenvalue weighted by atomic mass is 35.5. The van der Waals surface area contributed by atoms with Crippen LogP contribution in [0.1, 0.15) is 6.92 Å². The molecule has 0 saturated heterocycles. The average molecular weight is 511 g/mol. The Labute approximate surface area is 213 Å². The number of urea groups is 1. The van der Waals surface area contributed by atoms with Gasteiger partial charge >= 0.3 is 6.03 Å². The maximum atomic E-state index is 12.3. The molecular weight excluding hydrogens is 487 g/mol. The van der Waals surface area contributed by atoms with Crippen molar-refractivity contribution in [3.63, 3.8) is 0 Å². The van der Waals surface area contributed by atoms with Crippen molar-refractivity contribution in [1.29, 1.82) is 0 Å². The largest absolute Gasteiger partial charge is 0.337 e. The van der Waals surface area contributed by atoms with Crippen LogP contribution in [-0.2, 0) is 6.54 Å². The summed E-state index contributed by atoms with van der Waals surface area (Å²) in [6.45, 7) is 3.38. The van der Waals surface area contributed by atoms with E-state index in [0.29, 0.717) is 28.0 Å². The van der Waals surface area contributed by atoms with Gasteiger partial charge in [0.1, 0.15) is 0 Å². The minimum Gasteiger partial charge on any atom is -0.337 e. The molecule has 0 bridgehead atoms. The molecule has 0 radical (unpaired) electrons. The van der Waals surface area contributed by atoms with Crippen molar-refractivity contribution in [3.05, 3.63) is 88.9 Å². The van der Waals surface area contributed by atoms with E-state index in [0.717, 1.165) is 34.2 Å². The Morgan fingerprint density at radius 3 is 2.29 bits per heavy atom. The minimum absolute atomic E-state index is 0.321. The zero-order valence-electron chi connectivity index (χ0n) is 18.6. The minimum atomic E-state index is -0.321. The summed E-state index contributed by atoms with van der Waals surface area (Å²) in [5.74, 6) is 0.668. The van der Waals surface area contributed by atoms with Crippen molar-refractivity contribution in [2.45, 2.75) is 18.6 Å². The number of carbonyl (C=O) groups excluding carboxylic acids is 1. The van der Waals surface area contributed by atoms with Gasteiger partial charge in [0.2, 0.25) is 0 Å². The molecule has 2 amide bonds. The van der Waals surface area contributed by atoms with Gasteiger partial charge in [0, 0.05) is 35.0 Å². The van der Waals surface area contributed by atoms with Gasteiger partial charge in [0.05, 0.1) is 22.1 Å².